The molecule has 0 saturated carbocycles. The number of rotatable bonds is 4. The Kier molecular flexibility index (Phi) is 4.42. The lowest BCUT2D eigenvalue weighted by molar-refractivity contribution is 0.579. The summed E-state index contributed by atoms with van der Waals surface area (Å²) in [5.74, 6) is -0.545. The van der Waals surface area contributed by atoms with Crippen molar-refractivity contribution in [1.29, 1.82) is 0 Å². The van der Waals surface area contributed by atoms with Crippen molar-refractivity contribution in [3.05, 3.63) is 87.6 Å². The average molecular weight is 323 g/mol. The molecule has 122 valence electrons. The topological polar surface area (TPSA) is 46.9 Å². The van der Waals surface area contributed by atoms with Crippen molar-refractivity contribution in [3.63, 3.8) is 0 Å². The van der Waals surface area contributed by atoms with E-state index in [-0.39, 0.29) is 0 Å². The highest BCUT2D eigenvalue weighted by atomic mass is 19.1. The highest BCUT2D eigenvalue weighted by Gasteiger charge is 2.10. The number of halogens is 1. The van der Waals surface area contributed by atoms with Crippen LogP contribution in [-0.2, 0) is 6.54 Å². The molecule has 0 aliphatic heterocycles. The van der Waals surface area contributed by atoms with E-state index in [1.54, 1.807) is 4.57 Å². The van der Waals surface area contributed by atoms with Crippen molar-refractivity contribution >= 4 is 11.6 Å². The average Bonchev–Trinajstić information content (AvgIpc) is 2.57. The highest BCUT2D eigenvalue weighted by Crippen LogP contribution is 2.22. The predicted octanol–water partition coefficient (Wildman–Crippen LogP) is 3.79. The molecule has 4 nitrogen and oxygen atoms in total. The van der Waals surface area contributed by atoms with Crippen LogP contribution in [0.15, 0.2) is 59.5 Å². The van der Waals surface area contributed by atoms with E-state index < -0.39 is 11.4 Å². The summed E-state index contributed by atoms with van der Waals surface area (Å²) in [6.45, 7) is 4.41. The highest BCUT2D eigenvalue weighted by molar-refractivity contribution is 5.60. The maximum atomic E-state index is 13.7. The maximum absolute atomic E-state index is 13.7. The first-order chi connectivity index (χ1) is 11.5. The van der Waals surface area contributed by atoms with Crippen LogP contribution in [0.5, 0.6) is 0 Å². The van der Waals surface area contributed by atoms with Crippen LogP contribution in [0.25, 0.3) is 0 Å². The largest absolute Gasteiger partial charge is 0.325 e. The standard InChI is InChI=1S/C19H18FN3O/c1-13-7-6-10-17(14(13)2)21-19-22-18(24)16(20)12-23(19)11-15-8-4-3-5-9-15/h3-10,12H,11H2,1-2H3,(H,21,22,24). The van der Waals surface area contributed by atoms with Gasteiger partial charge in [-0.05, 0) is 36.6 Å². The molecule has 1 aromatic heterocycles. The van der Waals surface area contributed by atoms with Crippen LogP contribution in [0.4, 0.5) is 16.0 Å². The van der Waals surface area contributed by atoms with Gasteiger partial charge in [-0.25, -0.2) is 0 Å². The minimum absolute atomic E-state index is 0.318. The Balaban J connectivity index is 2.01. The molecule has 3 aromatic rings. The molecule has 1 N–H and O–H groups in total. The van der Waals surface area contributed by atoms with Gasteiger partial charge in [0, 0.05) is 11.9 Å². The van der Waals surface area contributed by atoms with E-state index in [1.165, 1.54) is 6.20 Å². The fourth-order valence-electron chi connectivity index (χ4n) is 2.47. The Morgan fingerprint density at radius 1 is 1.08 bits per heavy atom. The van der Waals surface area contributed by atoms with E-state index in [9.17, 15) is 9.18 Å². The molecule has 2 aromatic carbocycles. The number of aromatic nitrogens is 2. The Morgan fingerprint density at radius 2 is 1.83 bits per heavy atom. The number of aryl methyl sites for hydroxylation is 1. The number of nitrogens with zero attached hydrogens (tertiary/aromatic N) is 2. The first-order valence-electron chi connectivity index (χ1n) is 7.69. The smallest absolute Gasteiger partial charge is 0.310 e. The molecule has 0 bridgehead atoms. The molecule has 5 heteroatoms. The zero-order chi connectivity index (χ0) is 17.1. The molecule has 0 aliphatic carbocycles. The summed E-state index contributed by atoms with van der Waals surface area (Å²) >= 11 is 0. The molecule has 0 spiro atoms. The number of hydrogen-bond acceptors (Lipinski definition) is 3. The quantitative estimate of drug-likeness (QED) is 0.794. The van der Waals surface area contributed by atoms with Crippen molar-refractivity contribution in [2.24, 2.45) is 0 Å². The summed E-state index contributed by atoms with van der Waals surface area (Å²) in [5, 5.41) is 3.16. The van der Waals surface area contributed by atoms with Crippen molar-refractivity contribution in [3.8, 4) is 0 Å². The normalized spacial score (nSPS) is 10.6. The summed E-state index contributed by atoms with van der Waals surface area (Å²) in [6, 6.07) is 15.5. The molecule has 0 radical (unpaired) electrons. The Labute approximate surface area is 139 Å². The van der Waals surface area contributed by atoms with E-state index in [0.717, 1.165) is 22.4 Å². The van der Waals surface area contributed by atoms with Crippen molar-refractivity contribution in [2.45, 2.75) is 20.4 Å². The molecule has 0 amide bonds. The first-order valence-corrected chi connectivity index (χ1v) is 7.69. The summed E-state index contributed by atoms with van der Waals surface area (Å²) in [4.78, 5) is 15.5. The van der Waals surface area contributed by atoms with Crippen molar-refractivity contribution in [1.82, 2.24) is 9.55 Å². The van der Waals surface area contributed by atoms with E-state index in [1.807, 2.05) is 62.4 Å². The molecular formula is C19H18FN3O. The van der Waals surface area contributed by atoms with Gasteiger partial charge in [-0.2, -0.15) is 9.37 Å². The zero-order valence-electron chi connectivity index (χ0n) is 13.6. The fourth-order valence-corrected chi connectivity index (χ4v) is 2.47. The molecule has 0 fully saturated rings. The molecule has 0 atom stereocenters. The summed E-state index contributed by atoms with van der Waals surface area (Å²) in [6.07, 6.45) is 1.19. The zero-order valence-corrected chi connectivity index (χ0v) is 13.6. The third-order valence-electron chi connectivity index (χ3n) is 4.00. The van der Waals surface area contributed by atoms with E-state index in [2.05, 4.69) is 10.3 Å². The monoisotopic (exact) mass is 323 g/mol. The molecule has 24 heavy (non-hydrogen) atoms. The van der Waals surface area contributed by atoms with Crippen LogP contribution in [0, 0.1) is 19.7 Å². The van der Waals surface area contributed by atoms with E-state index >= 15 is 0 Å². The second-order valence-corrected chi connectivity index (χ2v) is 5.70. The molecule has 0 unspecified atom stereocenters. The van der Waals surface area contributed by atoms with E-state index in [4.69, 9.17) is 0 Å². The Bertz CT molecular complexity index is 920. The van der Waals surface area contributed by atoms with Crippen LogP contribution in [-0.4, -0.2) is 9.55 Å². The minimum Gasteiger partial charge on any atom is -0.325 e. The van der Waals surface area contributed by atoms with Crippen LogP contribution in [0.3, 0.4) is 0 Å². The number of anilines is 2. The van der Waals surface area contributed by atoms with Crippen LogP contribution in [0.2, 0.25) is 0 Å². The van der Waals surface area contributed by atoms with Gasteiger partial charge in [0.15, 0.2) is 0 Å². The van der Waals surface area contributed by atoms with Gasteiger partial charge in [0.25, 0.3) is 0 Å². The van der Waals surface area contributed by atoms with Gasteiger partial charge in [0.05, 0.1) is 6.54 Å². The van der Waals surface area contributed by atoms with Crippen molar-refractivity contribution < 1.29 is 4.39 Å². The third-order valence-corrected chi connectivity index (χ3v) is 4.00. The third kappa shape index (κ3) is 3.35. The lowest BCUT2D eigenvalue weighted by Crippen LogP contribution is -2.20. The molecule has 0 saturated heterocycles. The predicted molar refractivity (Wildman–Crippen MR) is 93.2 cm³/mol. The van der Waals surface area contributed by atoms with Gasteiger partial charge in [-0.1, -0.05) is 42.5 Å². The Hall–Kier alpha value is -2.95. The van der Waals surface area contributed by atoms with Crippen molar-refractivity contribution in [2.75, 3.05) is 5.32 Å². The Morgan fingerprint density at radius 3 is 2.58 bits per heavy atom. The molecular weight excluding hydrogens is 305 g/mol. The van der Waals surface area contributed by atoms with Gasteiger partial charge in [-0.15, -0.1) is 0 Å². The van der Waals surface area contributed by atoms with E-state index in [0.29, 0.717) is 12.5 Å². The SMILES string of the molecule is Cc1cccc(Nc2nc(=O)c(F)cn2Cc2ccccc2)c1C. The first kappa shape index (κ1) is 15.9. The number of hydrogen-bond donors (Lipinski definition) is 1. The lowest BCUT2D eigenvalue weighted by Gasteiger charge is -2.16. The summed E-state index contributed by atoms with van der Waals surface area (Å²) < 4.78 is 15.3. The maximum Gasteiger partial charge on any atom is 0.310 e. The molecule has 3 rings (SSSR count). The van der Waals surface area contributed by atoms with Gasteiger partial charge in [0.2, 0.25) is 11.8 Å². The fraction of sp³-hybridized carbons (Fsp3) is 0.158. The minimum atomic E-state index is -0.868. The second kappa shape index (κ2) is 6.66. The van der Waals surface area contributed by atoms with Crippen LogP contribution in [0.1, 0.15) is 16.7 Å². The van der Waals surface area contributed by atoms with Crippen LogP contribution < -0.4 is 10.9 Å². The van der Waals surface area contributed by atoms with Gasteiger partial charge >= 0.3 is 5.56 Å². The van der Waals surface area contributed by atoms with Crippen LogP contribution >= 0.6 is 0 Å². The molecule has 0 aliphatic rings. The van der Waals surface area contributed by atoms with Gasteiger partial charge in [-0.3, -0.25) is 4.79 Å². The summed E-state index contributed by atoms with van der Waals surface area (Å²) in [5.41, 5.74) is 3.15. The molecule has 1 heterocycles. The van der Waals surface area contributed by atoms with Gasteiger partial charge < -0.3 is 9.88 Å². The second-order valence-electron chi connectivity index (χ2n) is 5.70. The van der Waals surface area contributed by atoms with Gasteiger partial charge in [0.1, 0.15) is 0 Å². The number of nitrogens with one attached hydrogen (secondary N) is 1. The number of benzene rings is 2. The lowest BCUT2D eigenvalue weighted by atomic mass is 10.1. The summed E-state index contributed by atoms with van der Waals surface area (Å²) in [7, 11) is 0.